The molecule has 0 aromatic heterocycles. The maximum Gasteiger partial charge on any atom is 0.0723 e. The number of rotatable bonds is 0. The Morgan fingerprint density at radius 1 is 1.14 bits per heavy atom. The van der Waals surface area contributed by atoms with Gasteiger partial charge in [0.05, 0.1) is 12.2 Å². The number of hydrogen-bond acceptors (Lipinski definition) is 3. The molecule has 4 N–H and O–H groups in total. The van der Waals surface area contributed by atoms with E-state index in [0.717, 1.165) is 51.4 Å². The molecule has 3 heteroatoms. The Balaban J connectivity index is 1.79. The topological polar surface area (TPSA) is 66.5 Å². The van der Waals surface area contributed by atoms with Crippen LogP contribution in [0.5, 0.6) is 0 Å². The number of allylic oxidation sites excluding steroid dienone is 2. The zero-order valence-electron chi connectivity index (χ0n) is 12.9. The summed E-state index contributed by atoms with van der Waals surface area (Å²) in [5, 5.41) is 20.0. The molecule has 0 heterocycles. The van der Waals surface area contributed by atoms with Crippen molar-refractivity contribution in [2.45, 2.75) is 76.0 Å². The van der Waals surface area contributed by atoms with Gasteiger partial charge in [0.15, 0.2) is 0 Å². The molecule has 4 aliphatic carbocycles. The number of hydrogen-bond donors (Lipinski definition) is 3. The van der Waals surface area contributed by atoms with Crippen molar-refractivity contribution in [3.8, 4) is 0 Å². The summed E-state index contributed by atoms with van der Waals surface area (Å²) in [5.74, 6) is 0.583. The number of aliphatic hydroxyl groups excluding tert-OH is 2. The molecule has 0 aromatic carbocycles. The predicted octanol–water partition coefficient (Wildman–Crippen LogP) is 2.43. The minimum Gasteiger partial charge on any atom is -0.393 e. The lowest BCUT2D eigenvalue weighted by Gasteiger charge is -2.53. The summed E-state index contributed by atoms with van der Waals surface area (Å²) in [5.41, 5.74) is 11.0. The molecule has 0 spiro atoms. The van der Waals surface area contributed by atoms with Crippen LogP contribution < -0.4 is 5.73 Å². The van der Waals surface area contributed by atoms with Crippen molar-refractivity contribution >= 4 is 0 Å². The second-order valence-corrected chi connectivity index (χ2v) is 8.03. The normalized spacial score (nSPS) is 49.3. The minimum atomic E-state index is -0.245. The molecule has 2 saturated carbocycles. The average molecular weight is 289 g/mol. The van der Waals surface area contributed by atoms with Gasteiger partial charge in [0.25, 0.3) is 0 Å². The third kappa shape index (κ3) is 1.90. The van der Waals surface area contributed by atoms with Crippen molar-refractivity contribution in [2.75, 3.05) is 0 Å². The smallest absolute Gasteiger partial charge is 0.0723 e. The molecular formula is C18H27NO2. The first-order chi connectivity index (χ1) is 9.92. The van der Waals surface area contributed by atoms with Crippen molar-refractivity contribution in [3.05, 3.63) is 22.8 Å². The highest BCUT2D eigenvalue weighted by molar-refractivity contribution is 5.42. The lowest BCUT2D eigenvalue weighted by Crippen LogP contribution is -2.49. The molecule has 0 bridgehead atoms. The van der Waals surface area contributed by atoms with Gasteiger partial charge in [-0.1, -0.05) is 24.1 Å². The Morgan fingerprint density at radius 3 is 2.76 bits per heavy atom. The van der Waals surface area contributed by atoms with Crippen molar-refractivity contribution in [2.24, 2.45) is 17.1 Å². The summed E-state index contributed by atoms with van der Waals surface area (Å²) in [6.07, 6.45) is 9.44. The lowest BCUT2D eigenvalue weighted by atomic mass is 9.53. The molecule has 116 valence electrons. The summed E-state index contributed by atoms with van der Waals surface area (Å²) in [7, 11) is 0. The van der Waals surface area contributed by atoms with E-state index in [9.17, 15) is 10.2 Å². The van der Waals surface area contributed by atoms with Gasteiger partial charge in [-0.15, -0.1) is 0 Å². The molecule has 0 aromatic rings. The van der Waals surface area contributed by atoms with E-state index in [1.165, 1.54) is 11.1 Å². The Labute approximate surface area is 126 Å². The third-order valence-corrected chi connectivity index (χ3v) is 6.82. The van der Waals surface area contributed by atoms with Gasteiger partial charge in [-0.3, -0.25) is 0 Å². The fourth-order valence-corrected chi connectivity index (χ4v) is 5.75. The maximum atomic E-state index is 10.1. The van der Waals surface area contributed by atoms with Gasteiger partial charge in [-0.05, 0) is 68.3 Å². The highest BCUT2D eigenvalue weighted by atomic mass is 16.3. The summed E-state index contributed by atoms with van der Waals surface area (Å²) in [4.78, 5) is 0. The molecule has 4 rings (SSSR count). The van der Waals surface area contributed by atoms with E-state index in [1.807, 2.05) is 0 Å². The van der Waals surface area contributed by atoms with Gasteiger partial charge in [-0.25, -0.2) is 0 Å². The van der Waals surface area contributed by atoms with Gasteiger partial charge in [0.2, 0.25) is 0 Å². The van der Waals surface area contributed by atoms with Crippen molar-refractivity contribution in [1.82, 2.24) is 0 Å². The Bertz CT molecular complexity index is 537. The predicted molar refractivity (Wildman–Crippen MR) is 82.6 cm³/mol. The Hall–Kier alpha value is -0.640. The second-order valence-electron chi connectivity index (χ2n) is 8.03. The molecule has 3 nitrogen and oxygen atoms in total. The summed E-state index contributed by atoms with van der Waals surface area (Å²) >= 11 is 0. The van der Waals surface area contributed by atoms with Crippen LogP contribution in [0.2, 0.25) is 0 Å². The van der Waals surface area contributed by atoms with Crippen LogP contribution in [-0.4, -0.2) is 28.0 Å². The SMILES string of the molecule is CC12CC[C@@]3(N)C[C@H](O)CC3=C1CCC1=CC(O)CC[C@H]12. The van der Waals surface area contributed by atoms with Gasteiger partial charge < -0.3 is 15.9 Å². The molecule has 0 radical (unpaired) electrons. The van der Waals surface area contributed by atoms with Crippen molar-refractivity contribution < 1.29 is 10.2 Å². The number of nitrogens with two attached hydrogens (primary N) is 1. The van der Waals surface area contributed by atoms with Gasteiger partial charge in [0.1, 0.15) is 0 Å². The van der Waals surface area contributed by atoms with E-state index in [1.54, 1.807) is 5.57 Å². The highest BCUT2D eigenvalue weighted by Gasteiger charge is 2.53. The van der Waals surface area contributed by atoms with E-state index in [-0.39, 0.29) is 23.2 Å². The van der Waals surface area contributed by atoms with Crippen LogP contribution in [0, 0.1) is 11.3 Å². The molecule has 21 heavy (non-hydrogen) atoms. The fourth-order valence-electron chi connectivity index (χ4n) is 5.75. The standard InChI is InChI=1S/C18H27NO2/c1-17-6-7-18(19)10-13(21)9-16(18)15(17)4-2-11-8-12(20)3-5-14(11)17/h8,12-14,20-21H,2-7,9-10,19H2,1H3/t12?,13-,14-,17?,18-/m1/s1. The van der Waals surface area contributed by atoms with Crippen LogP contribution in [0.4, 0.5) is 0 Å². The second kappa shape index (κ2) is 4.43. The summed E-state index contributed by atoms with van der Waals surface area (Å²) in [6, 6.07) is 0. The first kappa shape index (κ1) is 14.0. The number of fused-ring (bicyclic) bond motifs is 4. The van der Waals surface area contributed by atoms with Gasteiger partial charge >= 0.3 is 0 Å². The zero-order chi connectivity index (χ0) is 14.8. The Kier molecular flexibility index (Phi) is 2.95. The highest BCUT2D eigenvalue weighted by Crippen LogP contribution is 2.60. The largest absolute Gasteiger partial charge is 0.393 e. The van der Waals surface area contributed by atoms with E-state index >= 15 is 0 Å². The van der Waals surface area contributed by atoms with E-state index in [2.05, 4.69) is 13.0 Å². The van der Waals surface area contributed by atoms with Crippen LogP contribution in [0.25, 0.3) is 0 Å². The quantitative estimate of drug-likeness (QED) is 0.600. The van der Waals surface area contributed by atoms with Crippen LogP contribution in [0.3, 0.4) is 0 Å². The fraction of sp³-hybridized carbons (Fsp3) is 0.778. The van der Waals surface area contributed by atoms with Gasteiger partial charge in [0, 0.05) is 5.54 Å². The van der Waals surface area contributed by atoms with E-state index in [4.69, 9.17) is 5.73 Å². The minimum absolute atomic E-state index is 0.215. The van der Waals surface area contributed by atoms with Crippen molar-refractivity contribution in [3.63, 3.8) is 0 Å². The molecule has 2 fully saturated rings. The van der Waals surface area contributed by atoms with Crippen LogP contribution in [0.15, 0.2) is 22.8 Å². The molecule has 4 aliphatic rings. The first-order valence-corrected chi connectivity index (χ1v) is 8.51. The van der Waals surface area contributed by atoms with Crippen LogP contribution in [0.1, 0.15) is 58.3 Å². The average Bonchev–Trinajstić information content (AvgIpc) is 2.73. The monoisotopic (exact) mass is 289 g/mol. The van der Waals surface area contributed by atoms with E-state index < -0.39 is 0 Å². The Morgan fingerprint density at radius 2 is 1.95 bits per heavy atom. The molecule has 2 unspecified atom stereocenters. The maximum absolute atomic E-state index is 10.1. The third-order valence-electron chi connectivity index (χ3n) is 6.82. The summed E-state index contributed by atoms with van der Waals surface area (Å²) in [6.45, 7) is 2.41. The molecule has 0 aliphatic heterocycles. The van der Waals surface area contributed by atoms with Crippen LogP contribution >= 0.6 is 0 Å². The molecular weight excluding hydrogens is 262 g/mol. The molecule has 0 amide bonds. The zero-order valence-corrected chi connectivity index (χ0v) is 12.9. The molecule has 5 atom stereocenters. The van der Waals surface area contributed by atoms with Crippen molar-refractivity contribution in [1.29, 1.82) is 0 Å². The van der Waals surface area contributed by atoms with Gasteiger partial charge in [-0.2, -0.15) is 0 Å². The van der Waals surface area contributed by atoms with Crippen LogP contribution in [-0.2, 0) is 0 Å². The first-order valence-electron chi connectivity index (χ1n) is 8.51. The number of aliphatic hydroxyl groups is 2. The summed E-state index contributed by atoms with van der Waals surface area (Å²) < 4.78 is 0. The van der Waals surface area contributed by atoms with E-state index in [0.29, 0.717) is 5.92 Å². The lowest BCUT2D eigenvalue weighted by molar-refractivity contribution is 0.122. The molecule has 0 saturated heterocycles.